The minimum Gasteiger partial charge on any atom is -0.425 e. The van der Waals surface area contributed by atoms with E-state index < -0.39 is 5.63 Å². The summed E-state index contributed by atoms with van der Waals surface area (Å²) >= 11 is 3.39. The number of rotatable bonds is 1. The second kappa shape index (κ2) is 5.35. The molecular formula is C18H11BrO4. The van der Waals surface area contributed by atoms with Gasteiger partial charge in [-0.1, -0.05) is 40.2 Å². The van der Waals surface area contributed by atoms with Crippen molar-refractivity contribution >= 4 is 32.9 Å². The first-order chi connectivity index (χ1) is 11.1. The van der Waals surface area contributed by atoms with Crippen LogP contribution in [0.5, 0.6) is 5.75 Å². The molecule has 0 radical (unpaired) electrons. The molecule has 4 nitrogen and oxygen atoms in total. The van der Waals surface area contributed by atoms with E-state index in [1.54, 1.807) is 18.2 Å². The Hall–Kier alpha value is -2.40. The molecule has 0 fully saturated rings. The summed E-state index contributed by atoms with van der Waals surface area (Å²) < 4.78 is 11.7. The number of benzene rings is 2. The zero-order valence-electron chi connectivity index (χ0n) is 11.9. The topological polar surface area (TPSA) is 56.5 Å². The van der Waals surface area contributed by atoms with E-state index in [9.17, 15) is 9.59 Å². The summed E-state index contributed by atoms with van der Waals surface area (Å²) in [5.74, 6) is -0.387. The van der Waals surface area contributed by atoms with Crippen LogP contribution in [0.1, 0.15) is 23.5 Å². The molecule has 1 aromatic heterocycles. The predicted octanol–water partition coefficient (Wildman–Crippen LogP) is 4.00. The molecule has 3 aromatic rings. The van der Waals surface area contributed by atoms with Gasteiger partial charge in [-0.3, -0.25) is 4.79 Å². The van der Waals surface area contributed by atoms with Crippen molar-refractivity contribution in [2.45, 2.75) is 12.3 Å². The number of carbonyl (C=O) groups is 1. The third-order valence-electron chi connectivity index (χ3n) is 4.01. The summed E-state index contributed by atoms with van der Waals surface area (Å²) in [7, 11) is 0. The van der Waals surface area contributed by atoms with Gasteiger partial charge in [-0.15, -0.1) is 0 Å². The first kappa shape index (κ1) is 14.2. The molecule has 0 bridgehead atoms. The predicted molar refractivity (Wildman–Crippen MR) is 88.7 cm³/mol. The molecule has 114 valence electrons. The molecule has 5 heteroatoms. The Kier molecular flexibility index (Phi) is 3.31. The van der Waals surface area contributed by atoms with E-state index in [1.165, 1.54) is 0 Å². The molecule has 1 aliphatic rings. The summed E-state index contributed by atoms with van der Waals surface area (Å²) in [5.41, 5.74) is 1.25. The zero-order valence-corrected chi connectivity index (χ0v) is 13.5. The Morgan fingerprint density at radius 2 is 1.74 bits per heavy atom. The van der Waals surface area contributed by atoms with Crippen LogP contribution in [0, 0.1) is 0 Å². The summed E-state index contributed by atoms with van der Waals surface area (Å²) in [6.45, 7) is 0. The average molecular weight is 371 g/mol. The Morgan fingerprint density at radius 1 is 1.00 bits per heavy atom. The van der Waals surface area contributed by atoms with Gasteiger partial charge in [-0.25, -0.2) is 4.79 Å². The van der Waals surface area contributed by atoms with Crippen LogP contribution in [-0.2, 0) is 4.79 Å². The molecule has 1 atom stereocenters. The van der Waals surface area contributed by atoms with Crippen LogP contribution in [0.4, 0.5) is 0 Å². The maximum atomic E-state index is 12.5. The van der Waals surface area contributed by atoms with Crippen LogP contribution in [-0.4, -0.2) is 5.97 Å². The fourth-order valence-corrected chi connectivity index (χ4v) is 3.21. The van der Waals surface area contributed by atoms with Crippen molar-refractivity contribution in [1.29, 1.82) is 0 Å². The van der Waals surface area contributed by atoms with E-state index in [-0.39, 0.29) is 18.3 Å². The van der Waals surface area contributed by atoms with Crippen molar-refractivity contribution in [3.63, 3.8) is 0 Å². The van der Waals surface area contributed by atoms with Crippen LogP contribution in [0.15, 0.2) is 62.2 Å². The van der Waals surface area contributed by atoms with Gasteiger partial charge in [0.05, 0.1) is 17.4 Å². The van der Waals surface area contributed by atoms with Gasteiger partial charge in [0.25, 0.3) is 0 Å². The molecule has 0 amide bonds. The highest BCUT2D eigenvalue weighted by atomic mass is 79.9. The Bertz CT molecular complexity index is 972. The van der Waals surface area contributed by atoms with Crippen LogP contribution in [0.3, 0.4) is 0 Å². The van der Waals surface area contributed by atoms with Crippen molar-refractivity contribution in [2.24, 2.45) is 0 Å². The number of para-hydroxylation sites is 1. The highest BCUT2D eigenvalue weighted by molar-refractivity contribution is 9.10. The highest BCUT2D eigenvalue weighted by Gasteiger charge is 2.33. The molecule has 0 spiro atoms. The van der Waals surface area contributed by atoms with Crippen LogP contribution < -0.4 is 10.4 Å². The molecular weight excluding hydrogens is 360 g/mol. The molecule has 0 unspecified atom stereocenters. The van der Waals surface area contributed by atoms with Gasteiger partial charge in [-0.05, 0) is 29.8 Å². The number of hydrogen-bond donors (Lipinski definition) is 0. The molecule has 0 saturated heterocycles. The molecule has 4 rings (SSSR count). The lowest BCUT2D eigenvalue weighted by Crippen LogP contribution is -2.26. The minimum atomic E-state index is -0.459. The van der Waals surface area contributed by atoms with Crippen molar-refractivity contribution in [3.05, 3.63) is 74.6 Å². The number of esters is 1. The Morgan fingerprint density at radius 3 is 2.52 bits per heavy atom. The Balaban J connectivity index is 2.00. The smallest absolute Gasteiger partial charge is 0.343 e. The molecule has 2 heterocycles. The van der Waals surface area contributed by atoms with E-state index >= 15 is 0 Å². The molecule has 2 aromatic carbocycles. The monoisotopic (exact) mass is 370 g/mol. The van der Waals surface area contributed by atoms with Gasteiger partial charge in [0.1, 0.15) is 5.58 Å². The lowest BCUT2D eigenvalue weighted by atomic mass is 9.87. The quantitative estimate of drug-likeness (QED) is 0.479. The number of fused-ring (bicyclic) bond motifs is 3. The molecule has 0 N–H and O–H groups in total. The standard InChI is InChI=1S/C18H11BrO4/c19-11-7-5-10(6-8-11)13-9-15(20)23-17-12-3-1-2-4-14(12)22-18(21)16(13)17/h1-8,13H,9H2/t13-/m1/s1. The summed E-state index contributed by atoms with van der Waals surface area (Å²) in [6, 6.07) is 14.6. The van der Waals surface area contributed by atoms with Gasteiger partial charge in [0.15, 0.2) is 5.75 Å². The van der Waals surface area contributed by atoms with Crippen molar-refractivity contribution in [1.82, 2.24) is 0 Å². The van der Waals surface area contributed by atoms with Crippen LogP contribution >= 0.6 is 15.9 Å². The summed E-state index contributed by atoms with van der Waals surface area (Å²) in [6.07, 6.45) is 0.123. The second-order valence-corrected chi connectivity index (χ2v) is 6.33. The number of ether oxygens (including phenoxy) is 1. The molecule has 0 saturated carbocycles. The average Bonchev–Trinajstić information content (AvgIpc) is 2.55. The molecule has 1 aliphatic heterocycles. The summed E-state index contributed by atoms with van der Waals surface area (Å²) in [4.78, 5) is 24.5. The number of carbonyl (C=O) groups excluding carboxylic acids is 1. The third-order valence-corrected chi connectivity index (χ3v) is 4.54. The first-order valence-corrected chi connectivity index (χ1v) is 7.94. The van der Waals surface area contributed by atoms with E-state index in [1.807, 2.05) is 30.3 Å². The van der Waals surface area contributed by atoms with Crippen LogP contribution in [0.25, 0.3) is 11.0 Å². The first-order valence-electron chi connectivity index (χ1n) is 7.15. The maximum Gasteiger partial charge on any atom is 0.343 e. The van der Waals surface area contributed by atoms with Gasteiger partial charge in [0, 0.05) is 10.4 Å². The van der Waals surface area contributed by atoms with Crippen LogP contribution in [0.2, 0.25) is 0 Å². The van der Waals surface area contributed by atoms with Gasteiger partial charge < -0.3 is 9.15 Å². The van der Waals surface area contributed by atoms with Gasteiger partial charge >= 0.3 is 11.6 Å². The number of halogens is 1. The third kappa shape index (κ3) is 2.37. The van der Waals surface area contributed by atoms with Crippen molar-refractivity contribution < 1.29 is 13.9 Å². The minimum absolute atomic E-state index is 0.123. The second-order valence-electron chi connectivity index (χ2n) is 5.41. The maximum absolute atomic E-state index is 12.5. The highest BCUT2D eigenvalue weighted by Crippen LogP contribution is 2.40. The normalized spacial score (nSPS) is 16.9. The zero-order chi connectivity index (χ0) is 16.0. The number of hydrogen-bond acceptors (Lipinski definition) is 4. The van der Waals surface area contributed by atoms with Crippen molar-refractivity contribution in [3.8, 4) is 5.75 Å². The Labute approximate surface area is 139 Å². The van der Waals surface area contributed by atoms with E-state index in [0.717, 1.165) is 10.0 Å². The van der Waals surface area contributed by atoms with E-state index in [4.69, 9.17) is 9.15 Å². The molecule has 0 aliphatic carbocycles. The van der Waals surface area contributed by atoms with E-state index in [2.05, 4.69) is 15.9 Å². The fraction of sp³-hybridized carbons (Fsp3) is 0.111. The van der Waals surface area contributed by atoms with E-state index in [0.29, 0.717) is 22.3 Å². The summed E-state index contributed by atoms with van der Waals surface area (Å²) in [5, 5.41) is 0.636. The fourth-order valence-electron chi connectivity index (χ4n) is 2.95. The molecule has 23 heavy (non-hydrogen) atoms. The lowest BCUT2D eigenvalue weighted by Gasteiger charge is -2.24. The largest absolute Gasteiger partial charge is 0.425 e. The van der Waals surface area contributed by atoms with Crippen molar-refractivity contribution in [2.75, 3.05) is 0 Å². The lowest BCUT2D eigenvalue weighted by molar-refractivity contribution is -0.135. The van der Waals surface area contributed by atoms with Gasteiger partial charge in [0.2, 0.25) is 0 Å². The van der Waals surface area contributed by atoms with Gasteiger partial charge in [-0.2, -0.15) is 0 Å². The SMILES string of the molecule is O=C1C[C@H](c2ccc(Br)cc2)c2c(c3ccccc3oc2=O)O1.